The number of sulfonamides is 1. The number of nitrogens with zero attached hydrogens (tertiary/aromatic N) is 3. The van der Waals surface area contributed by atoms with Crippen molar-refractivity contribution in [3.63, 3.8) is 0 Å². The molecule has 0 bridgehead atoms. The third kappa shape index (κ3) is 5.35. The lowest BCUT2D eigenvalue weighted by molar-refractivity contribution is 0.253. The first-order valence-corrected chi connectivity index (χ1v) is 12.8. The Morgan fingerprint density at radius 1 is 1.10 bits per heavy atom. The first-order chi connectivity index (χ1) is 14.9. The molecule has 2 aromatic carbocycles. The Balaban J connectivity index is 1.19. The second kappa shape index (κ2) is 9.79. The fourth-order valence-corrected chi connectivity index (χ4v) is 5.82. The number of fused-ring (bicyclic) bond motifs is 1. The van der Waals surface area contributed by atoms with E-state index in [1.807, 2.05) is 6.07 Å². The van der Waals surface area contributed by atoms with E-state index < -0.39 is 15.8 Å². The molecule has 1 fully saturated rings. The molecule has 0 spiro atoms. The molecule has 31 heavy (non-hydrogen) atoms. The summed E-state index contributed by atoms with van der Waals surface area (Å²) in [4.78, 5) is 4.72. The van der Waals surface area contributed by atoms with E-state index in [2.05, 4.69) is 37.1 Å². The predicted molar refractivity (Wildman–Crippen MR) is 124 cm³/mol. The van der Waals surface area contributed by atoms with Gasteiger partial charge in [-0.3, -0.25) is 4.90 Å². The van der Waals surface area contributed by atoms with Gasteiger partial charge in [-0.25, -0.2) is 17.5 Å². The number of halogens is 2. The standard InChI is InChI=1S/C21H24ClFN4O2S2/c22-18-15-16(7-8-19(18)23)31(28,29)24-9-3-4-10-26-11-13-27(14-12-26)21-17-5-1-2-6-20(17)30-25-21/h1-2,5-8,15,24H,3-4,9-14H2. The Bertz CT molecular complexity index is 1150. The van der Waals surface area contributed by atoms with Crippen LogP contribution >= 0.6 is 23.1 Å². The Kier molecular flexibility index (Phi) is 7.08. The fraction of sp³-hybridized carbons (Fsp3) is 0.381. The van der Waals surface area contributed by atoms with Gasteiger partial charge in [0.2, 0.25) is 10.0 Å². The van der Waals surface area contributed by atoms with Crippen LogP contribution in [0.3, 0.4) is 0 Å². The highest BCUT2D eigenvalue weighted by Gasteiger charge is 2.20. The number of nitrogens with one attached hydrogen (secondary N) is 1. The fourth-order valence-electron chi connectivity index (χ4n) is 3.68. The number of hydrogen-bond acceptors (Lipinski definition) is 6. The van der Waals surface area contributed by atoms with Gasteiger partial charge in [0.25, 0.3) is 0 Å². The van der Waals surface area contributed by atoms with Crippen molar-refractivity contribution < 1.29 is 12.8 Å². The second-order valence-corrected chi connectivity index (χ2v) is 10.5. The molecule has 1 aliphatic heterocycles. The van der Waals surface area contributed by atoms with Crippen LogP contribution in [-0.2, 0) is 10.0 Å². The summed E-state index contributed by atoms with van der Waals surface area (Å²) in [6, 6.07) is 11.7. The molecule has 1 N–H and O–H groups in total. The summed E-state index contributed by atoms with van der Waals surface area (Å²) in [5, 5.41) is 1.02. The second-order valence-electron chi connectivity index (χ2n) is 7.51. The summed E-state index contributed by atoms with van der Waals surface area (Å²) in [5.41, 5.74) is 0. The molecule has 3 aromatic rings. The summed E-state index contributed by atoms with van der Waals surface area (Å²) in [6.07, 6.45) is 1.62. The summed E-state index contributed by atoms with van der Waals surface area (Å²) in [6.45, 7) is 5.06. The van der Waals surface area contributed by atoms with E-state index in [4.69, 9.17) is 11.6 Å². The predicted octanol–water partition coefficient (Wildman–Crippen LogP) is 3.97. The van der Waals surface area contributed by atoms with E-state index >= 15 is 0 Å². The number of rotatable bonds is 8. The summed E-state index contributed by atoms with van der Waals surface area (Å²) in [5.74, 6) is 0.444. The molecule has 166 valence electrons. The normalized spacial score (nSPS) is 15.6. The van der Waals surface area contributed by atoms with Crippen molar-refractivity contribution in [2.75, 3.05) is 44.2 Å². The highest BCUT2D eigenvalue weighted by atomic mass is 35.5. The van der Waals surface area contributed by atoms with E-state index in [0.29, 0.717) is 6.54 Å². The van der Waals surface area contributed by atoms with E-state index in [1.165, 1.54) is 16.2 Å². The van der Waals surface area contributed by atoms with Crippen LogP contribution in [0.1, 0.15) is 12.8 Å². The molecule has 4 rings (SSSR count). The average Bonchev–Trinajstić information content (AvgIpc) is 3.20. The maximum atomic E-state index is 13.2. The Labute approximate surface area is 190 Å². The average molecular weight is 483 g/mol. The van der Waals surface area contributed by atoms with Gasteiger partial charge in [0.1, 0.15) is 11.6 Å². The number of aromatic nitrogens is 1. The molecule has 0 saturated carbocycles. The number of benzene rings is 2. The van der Waals surface area contributed by atoms with E-state index in [-0.39, 0.29) is 9.92 Å². The first kappa shape index (κ1) is 22.4. The molecule has 0 radical (unpaired) electrons. The minimum atomic E-state index is -3.68. The van der Waals surface area contributed by atoms with Crippen LogP contribution in [0.15, 0.2) is 47.4 Å². The van der Waals surface area contributed by atoms with Crippen molar-refractivity contribution in [3.05, 3.63) is 53.3 Å². The van der Waals surface area contributed by atoms with Gasteiger partial charge in [-0.05, 0) is 61.3 Å². The molecule has 1 aliphatic rings. The van der Waals surface area contributed by atoms with Gasteiger partial charge in [0.05, 0.1) is 14.6 Å². The maximum Gasteiger partial charge on any atom is 0.240 e. The zero-order chi connectivity index (χ0) is 21.8. The van der Waals surface area contributed by atoms with Gasteiger partial charge in [0, 0.05) is 38.1 Å². The van der Waals surface area contributed by atoms with Crippen LogP contribution in [0, 0.1) is 5.82 Å². The number of anilines is 1. The number of hydrogen-bond donors (Lipinski definition) is 1. The van der Waals surface area contributed by atoms with Crippen LogP contribution in [0.5, 0.6) is 0 Å². The minimum Gasteiger partial charge on any atom is -0.353 e. The van der Waals surface area contributed by atoms with Gasteiger partial charge >= 0.3 is 0 Å². The van der Waals surface area contributed by atoms with E-state index in [1.54, 1.807) is 11.5 Å². The zero-order valence-electron chi connectivity index (χ0n) is 16.9. The van der Waals surface area contributed by atoms with Gasteiger partial charge in [-0.15, -0.1) is 0 Å². The molecule has 0 unspecified atom stereocenters. The zero-order valence-corrected chi connectivity index (χ0v) is 19.3. The molecule has 0 aliphatic carbocycles. The molecule has 0 atom stereocenters. The van der Waals surface area contributed by atoms with Crippen LogP contribution in [0.2, 0.25) is 5.02 Å². The lowest BCUT2D eigenvalue weighted by Crippen LogP contribution is -2.46. The Morgan fingerprint density at radius 2 is 1.87 bits per heavy atom. The molecule has 1 saturated heterocycles. The number of piperazine rings is 1. The largest absolute Gasteiger partial charge is 0.353 e. The first-order valence-electron chi connectivity index (χ1n) is 10.2. The third-order valence-electron chi connectivity index (χ3n) is 5.42. The highest BCUT2D eigenvalue weighted by molar-refractivity contribution is 7.89. The molecule has 10 heteroatoms. The summed E-state index contributed by atoms with van der Waals surface area (Å²) < 4.78 is 46.2. The maximum absolute atomic E-state index is 13.2. The lowest BCUT2D eigenvalue weighted by atomic mass is 10.2. The van der Waals surface area contributed by atoms with Crippen LogP contribution in [-0.4, -0.2) is 57.0 Å². The van der Waals surface area contributed by atoms with Crippen molar-refractivity contribution >= 4 is 49.1 Å². The Morgan fingerprint density at radius 3 is 2.65 bits per heavy atom. The smallest absolute Gasteiger partial charge is 0.240 e. The van der Waals surface area contributed by atoms with Crippen molar-refractivity contribution in [1.82, 2.24) is 14.0 Å². The highest BCUT2D eigenvalue weighted by Crippen LogP contribution is 2.29. The SMILES string of the molecule is O=S(=O)(NCCCCN1CCN(c2nsc3ccccc23)CC1)c1ccc(F)c(Cl)c1. The quantitative estimate of drug-likeness (QED) is 0.492. The minimum absolute atomic E-state index is 0.0235. The van der Waals surface area contributed by atoms with Gasteiger partial charge < -0.3 is 4.90 Å². The van der Waals surface area contributed by atoms with Gasteiger partial charge in [-0.1, -0.05) is 23.7 Å². The van der Waals surface area contributed by atoms with Crippen molar-refractivity contribution in [1.29, 1.82) is 0 Å². The van der Waals surface area contributed by atoms with Crippen LogP contribution < -0.4 is 9.62 Å². The topological polar surface area (TPSA) is 65.5 Å². The van der Waals surface area contributed by atoms with Gasteiger partial charge in [0.15, 0.2) is 0 Å². The third-order valence-corrected chi connectivity index (χ3v) is 7.99. The number of unbranched alkanes of at least 4 members (excludes halogenated alkanes) is 1. The molecule has 2 heterocycles. The summed E-state index contributed by atoms with van der Waals surface area (Å²) in [7, 11) is -3.68. The lowest BCUT2D eigenvalue weighted by Gasteiger charge is -2.35. The van der Waals surface area contributed by atoms with E-state index in [0.717, 1.165) is 63.5 Å². The monoisotopic (exact) mass is 482 g/mol. The molecule has 1 aromatic heterocycles. The van der Waals surface area contributed by atoms with Crippen molar-refractivity contribution in [2.24, 2.45) is 0 Å². The molecule has 0 amide bonds. The van der Waals surface area contributed by atoms with E-state index in [9.17, 15) is 12.8 Å². The molecule has 6 nitrogen and oxygen atoms in total. The Hall–Kier alpha value is -1.78. The van der Waals surface area contributed by atoms with Crippen LogP contribution in [0.25, 0.3) is 10.1 Å². The van der Waals surface area contributed by atoms with Crippen molar-refractivity contribution in [2.45, 2.75) is 17.7 Å². The van der Waals surface area contributed by atoms with Crippen LogP contribution in [0.4, 0.5) is 10.2 Å². The summed E-state index contributed by atoms with van der Waals surface area (Å²) >= 11 is 7.22. The molecular weight excluding hydrogens is 459 g/mol. The molecular formula is C21H24ClFN4O2S2. The van der Waals surface area contributed by atoms with Crippen molar-refractivity contribution in [3.8, 4) is 0 Å². The van der Waals surface area contributed by atoms with Gasteiger partial charge in [-0.2, -0.15) is 4.37 Å².